The summed E-state index contributed by atoms with van der Waals surface area (Å²) < 4.78 is 5.01. The van der Waals surface area contributed by atoms with Gasteiger partial charge in [0.05, 0.1) is 22.4 Å². The Morgan fingerprint density at radius 1 is 0.328 bits per heavy atom. The van der Waals surface area contributed by atoms with E-state index in [0.717, 1.165) is 17.1 Å². The van der Waals surface area contributed by atoms with Gasteiger partial charge in [0, 0.05) is 47.9 Å². The number of aromatic nitrogens is 1. The average Bonchev–Trinajstić information content (AvgIpc) is 3.88. The average molecular weight is 795 g/mol. The van der Waals surface area contributed by atoms with E-state index in [2.05, 4.69) is 240 Å². The van der Waals surface area contributed by atoms with Crippen molar-refractivity contribution in [1.29, 1.82) is 0 Å². The number of nitrogens with zero attached hydrogens (tertiary/aromatic N) is 2. The first-order chi connectivity index (χ1) is 30.3. The third-order valence-corrected chi connectivity index (χ3v) is 13.4. The zero-order chi connectivity index (χ0) is 40.3. The van der Waals surface area contributed by atoms with E-state index >= 15 is 0 Å². The normalized spacial score (nSPS) is 11.6. The van der Waals surface area contributed by atoms with Crippen LogP contribution in [-0.2, 0) is 0 Å². The molecule has 2 nitrogen and oxygen atoms in total. The van der Waals surface area contributed by atoms with Crippen molar-refractivity contribution >= 4 is 81.1 Å². The SMILES string of the molecule is c1ccc(-c2ccccc2-n2c3ccccc3c3ccccc32)c(-c2ccc(N(c3ccc(-c4cccc5ccccc45)cc3)c3cccc4sc5ccccc5c34)cc2)c1. The van der Waals surface area contributed by atoms with Crippen molar-refractivity contribution in [2.75, 3.05) is 4.90 Å². The molecule has 0 atom stereocenters. The molecule has 0 aliphatic rings. The van der Waals surface area contributed by atoms with Crippen LogP contribution in [0.5, 0.6) is 0 Å². The Hall–Kier alpha value is -7.72. The molecule has 0 saturated heterocycles. The number of fused-ring (bicyclic) bond motifs is 7. The summed E-state index contributed by atoms with van der Waals surface area (Å²) in [6.07, 6.45) is 0. The van der Waals surface area contributed by atoms with Crippen molar-refractivity contribution in [3.05, 3.63) is 231 Å². The molecule has 0 fully saturated rings. The molecule has 0 spiro atoms. The number of hydrogen-bond acceptors (Lipinski definition) is 2. The van der Waals surface area contributed by atoms with Gasteiger partial charge in [0.1, 0.15) is 0 Å². The van der Waals surface area contributed by atoms with Crippen molar-refractivity contribution in [3.63, 3.8) is 0 Å². The lowest BCUT2D eigenvalue weighted by molar-refractivity contribution is 1.18. The minimum atomic E-state index is 1.10. The monoisotopic (exact) mass is 794 g/mol. The third-order valence-electron chi connectivity index (χ3n) is 12.2. The van der Waals surface area contributed by atoms with Crippen LogP contribution in [0.1, 0.15) is 0 Å². The van der Waals surface area contributed by atoms with Gasteiger partial charge in [0.15, 0.2) is 0 Å². The van der Waals surface area contributed by atoms with Crippen molar-refractivity contribution in [2.45, 2.75) is 0 Å². The van der Waals surface area contributed by atoms with Crippen LogP contribution in [0.15, 0.2) is 231 Å². The van der Waals surface area contributed by atoms with Gasteiger partial charge in [0.2, 0.25) is 0 Å². The molecule has 0 amide bonds. The molecular weight excluding hydrogens is 757 g/mol. The predicted octanol–water partition coefficient (Wildman–Crippen LogP) is 16.8. The Morgan fingerprint density at radius 3 is 1.54 bits per heavy atom. The first-order valence-electron chi connectivity index (χ1n) is 20.8. The number of benzene rings is 10. The molecule has 286 valence electrons. The maximum Gasteiger partial charge on any atom is 0.0554 e. The van der Waals surface area contributed by atoms with Crippen molar-refractivity contribution in [1.82, 2.24) is 4.57 Å². The highest BCUT2D eigenvalue weighted by atomic mass is 32.1. The van der Waals surface area contributed by atoms with Gasteiger partial charge in [0.25, 0.3) is 0 Å². The van der Waals surface area contributed by atoms with Crippen LogP contribution in [0.2, 0.25) is 0 Å². The largest absolute Gasteiger partial charge is 0.310 e. The van der Waals surface area contributed by atoms with E-state index in [9.17, 15) is 0 Å². The molecule has 12 aromatic rings. The number of rotatable bonds is 7. The highest BCUT2D eigenvalue weighted by molar-refractivity contribution is 7.26. The Kier molecular flexibility index (Phi) is 8.39. The summed E-state index contributed by atoms with van der Waals surface area (Å²) in [6, 6.07) is 84.1. The smallest absolute Gasteiger partial charge is 0.0554 e. The topological polar surface area (TPSA) is 8.17 Å². The van der Waals surface area contributed by atoms with Crippen LogP contribution >= 0.6 is 11.3 Å². The van der Waals surface area contributed by atoms with Gasteiger partial charge in [-0.15, -0.1) is 11.3 Å². The van der Waals surface area contributed by atoms with Crippen molar-refractivity contribution in [2.24, 2.45) is 0 Å². The molecular formula is C58H38N2S. The van der Waals surface area contributed by atoms with Crippen LogP contribution in [0.3, 0.4) is 0 Å². The van der Waals surface area contributed by atoms with Crippen molar-refractivity contribution < 1.29 is 0 Å². The molecule has 12 rings (SSSR count). The summed E-state index contributed by atoms with van der Waals surface area (Å²) in [6.45, 7) is 0. The highest BCUT2D eigenvalue weighted by Crippen LogP contribution is 2.46. The summed E-state index contributed by atoms with van der Waals surface area (Å²) in [7, 11) is 0. The molecule has 0 bridgehead atoms. The fraction of sp³-hybridized carbons (Fsp3) is 0. The Labute approximate surface area is 358 Å². The van der Waals surface area contributed by atoms with E-state index in [0.29, 0.717) is 0 Å². The predicted molar refractivity (Wildman–Crippen MR) is 262 cm³/mol. The van der Waals surface area contributed by atoms with E-state index in [1.165, 1.54) is 91.8 Å². The molecule has 61 heavy (non-hydrogen) atoms. The Morgan fingerprint density at radius 2 is 0.820 bits per heavy atom. The van der Waals surface area contributed by atoms with Gasteiger partial charge in [-0.05, 0) is 99.3 Å². The zero-order valence-corrected chi connectivity index (χ0v) is 34.1. The number of hydrogen-bond donors (Lipinski definition) is 0. The van der Waals surface area contributed by atoms with Crippen LogP contribution in [-0.4, -0.2) is 4.57 Å². The standard InChI is InChI=1S/C58H38N2S/c1-2-17-44-39(15-1)16-13-24-45(44)40-31-35-42(36-32-40)59(55-28-14-30-57-58(55)51-23-8-12-29-56(51)61-57)43-37-33-41(34-38-43)46-18-3-4-19-47(46)48-20-5-9-25-52(48)60-53-26-10-6-21-49(53)50-22-7-11-27-54(50)60/h1-38H. The lowest BCUT2D eigenvalue weighted by Gasteiger charge is -2.27. The number of anilines is 3. The summed E-state index contributed by atoms with van der Waals surface area (Å²) in [5.74, 6) is 0. The van der Waals surface area contributed by atoms with Crippen LogP contribution in [0.25, 0.3) is 91.8 Å². The summed E-state index contributed by atoms with van der Waals surface area (Å²) in [5, 5.41) is 7.59. The maximum absolute atomic E-state index is 2.43. The van der Waals surface area contributed by atoms with E-state index in [1.54, 1.807) is 0 Å². The molecule has 2 aromatic heterocycles. The van der Waals surface area contributed by atoms with Crippen LogP contribution in [0, 0.1) is 0 Å². The second-order valence-corrected chi connectivity index (χ2v) is 16.7. The zero-order valence-electron chi connectivity index (χ0n) is 33.2. The Balaban J connectivity index is 0.992. The maximum atomic E-state index is 2.43. The molecule has 0 saturated carbocycles. The van der Waals surface area contributed by atoms with E-state index in [1.807, 2.05) is 11.3 Å². The lowest BCUT2D eigenvalue weighted by Crippen LogP contribution is -2.10. The van der Waals surface area contributed by atoms with Crippen molar-refractivity contribution in [3.8, 4) is 39.1 Å². The second-order valence-electron chi connectivity index (χ2n) is 15.6. The molecule has 3 heteroatoms. The fourth-order valence-electron chi connectivity index (χ4n) is 9.47. The van der Waals surface area contributed by atoms with Gasteiger partial charge < -0.3 is 9.47 Å². The van der Waals surface area contributed by atoms with Gasteiger partial charge in [-0.25, -0.2) is 0 Å². The van der Waals surface area contributed by atoms with Gasteiger partial charge in [-0.2, -0.15) is 0 Å². The molecule has 0 aliphatic carbocycles. The first-order valence-corrected chi connectivity index (χ1v) is 21.7. The molecule has 2 heterocycles. The fourth-order valence-corrected chi connectivity index (χ4v) is 10.6. The van der Waals surface area contributed by atoms with Gasteiger partial charge in [-0.1, -0.05) is 170 Å². The second kappa shape index (κ2) is 14.5. The summed E-state index contributed by atoms with van der Waals surface area (Å²) in [5.41, 5.74) is 14.2. The molecule has 0 aliphatic heterocycles. The number of thiophene rings is 1. The molecule has 0 radical (unpaired) electrons. The summed E-state index contributed by atoms with van der Waals surface area (Å²) >= 11 is 1.86. The highest BCUT2D eigenvalue weighted by Gasteiger charge is 2.21. The lowest BCUT2D eigenvalue weighted by atomic mass is 9.93. The first kappa shape index (κ1) is 35.2. The molecule has 0 unspecified atom stereocenters. The minimum Gasteiger partial charge on any atom is -0.310 e. The van der Waals surface area contributed by atoms with E-state index in [-0.39, 0.29) is 0 Å². The minimum absolute atomic E-state index is 1.10. The summed E-state index contributed by atoms with van der Waals surface area (Å²) in [4.78, 5) is 2.43. The Bertz CT molecular complexity index is 3530. The van der Waals surface area contributed by atoms with E-state index in [4.69, 9.17) is 0 Å². The van der Waals surface area contributed by atoms with Crippen LogP contribution < -0.4 is 4.90 Å². The number of para-hydroxylation sites is 3. The van der Waals surface area contributed by atoms with Gasteiger partial charge >= 0.3 is 0 Å². The molecule has 10 aromatic carbocycles. The van der Waals surface area contributed by atoms with E-state index < -0.39 is 0 Å². The molecule has 0 N–H and O–H groups in total. The quantitative estimate of drug-likeness (QED) is 0.156. The van der Waals surface area contributed by atoms with Crippen LogP contribution in [0.4, 0.5) is 17.1 Å². The van der Waals surface area contributed by atoms with Gasteiger partial charge in [-0.3, -0.25) is 0 Å². The third kappa shape index (κ3) is 5.85.